The minimum atomic E-state index is -0.307. The normalized spacial score (nSPS) is 11.0. The maximum Gasteiger partial charge on any atom is 0.262 e. The van der Waals surface area contributed by atoms with Gasteiger partial charge in [0.05, 0.1) is 5.69 Å². The van der Waals surface area contributed by atoms with Crippen LogP contribution in [0.1, 0.15) is 16.7 Å². The molecule has 0 bridgehead atoms. The number of aliphatic imine (C=N–C) groups is 1. The van der Waals surface area contributed by atoms with Crippen LogP contribution in [0.2, 0.25) is 15.1 Å². The summed E-state index contributed by atoms with van der Waals surface area (Å²) in [6.07, 6.45) is 1.64. The number of amides is 1. The van der Waals surface area contributed by atoms with Gasteiger partial charge in [-0.25, -0.2) is 0 Å². The molecule has 0 aliphatic rings. The Morgan fingerprint density at radius 2 is 1.83 bits per heavy atom. The number of halogens is 3. The second-order valence-electron chi connectivity index (χ2n) is 6.63. The standard InChI is InChI=1S/C23H19Cl3N2O2/c1-14-6-8-18(11-20(14)26)28-23(29)13-30-22-9-7-17(24)10-16(22)12-27-21-5-3-4-19(25)15(21)2/h3-12H,13H2,1-2H3,(H,28,29). The minimum absolute atomic E-state index is 0.176. The number of anilines is 1. The summed E-state index contributed by atoms with van der Waals surface area (Å²) in [5.41, 5.74) is 3.80. The zero-order valence-corrected chi connectivity index (χ0v) is 18.6. The maximum atomic E-state index is 12.3. The molecule has 0 heterocycles. The molecule has 7 heteroatoms. The van der Waals surface area contributed by atoms with Crippen molar-refractivity contribution < 1.29 is 9.53 Å². The van der Waals surface area contributed by atoms with Gasteiger partial charge in [0.15, 0.2) is 6.61 Å². The van der Waals surface area contributed by atoms with E-state index in [9.17, 15) is 4.79 Å². The van der Waals surface area contributed by atoms with Gasteiger partial charge in [0.1, 0.15) is 5.75 Å². The molecule has 1 N–H and O–H groups in total. The fraction of sp³-hybridized carbons (Fsp3) is 0.130. The number of aryl methyl sites for hydroxylation is 1. The zero-order valence-electron chi connectivity index (χ0n) is 16.4. The van der Waals surface area contributed by atoms with Crippen LogP contribution in [0.5, 0.6) is 5.75 Å². The third-order valence-electron chi connectivity index (χ3n) is 4.37. The van der Waals surface area contributed by atoms with E-state index in [-0.39, 0.29) is 12.5 Å². The quantitative estimate of drug-likeness (QED) is 0.400. The van der Waals surface area contributed by atoms with Crippen LogP contribution in [0.25, 0.3) is 0 Å². The Morgan fingerprint density at radius 1 is 1.03 bits per heavy atom. The van der Waals surface area contributed by atoms with Crippen LogP contribution in [-0.2, 0) is 4.79 Å². The lowest BCUT2D eigenvalue weighted by atomic mass is 10.2. The van der Waals surface area contributed by atoms with Crippen LogP contribution < -0.4 is 10.1 Å². The molecule has 3 aromatic rings. The number of nitrogens with zero attached hydrogens (tertiary/aromatic N) is 1. The number of carbonyl (C=O) groups excluding carboxylic acids is 1. The predicted octanol–water partition coefficient (Wildman–Crippen LogP) is 7.03. The highest BCUT2D eigenvalue weighted by atomic mass is 35.5. The third-order valence-corrected chi connectivity index (χ3v) is 5.42. The van der Waals surface area contributed by atoms with Crippen molar-refractivity contribution in [1.29, 1.82) is 0 Å². The SMILES string of the molecule is Cc1ccc(NC(=O)COc2ccc(Cl)cc2C=Nc2cccc(Cl)c2C)cc1Cl. The lowest BCUT2D eigenvalue weighted by Crippen LogP contribution is -2.20. The molecule has 0 saturated heterocycles. The van der Waals surface area contributed by atoms with E-state index in [0.29, 0.717) is 32.1 Å². The fourth-order valence-corrected chi connectivity index (χ4v) is 3.17. The van der Waals surface area contributed by atoms with Crippen LogP contribution in [-0.4, -0.2) is 18.7 Å². The molecule has 154 valence electrons. The number of nitrogens with one attached hydrogen (secondary N) is 1. The molecule has 0 aliphatic carbocycles. The van der Waals surface area contributed by atoms with Gasteiger partial charge in [0.25, 0.3) is 5.91 Å². The largest absolute Gasteiger partial charge is 0.483 e. The molecule has 1 amide bonds. The number of ether oxygens (including phenoxy) is 1. The molecule has 4 nitrogen and oxygen atoms in total. The number of hydrogen-bond donors (Lipinski definition) is 1. The van der Waals surface area contributed by atoms with Crippen molar-refractivity contribution in [3.63, 3.8) is 0 Å². The first kappa shape index (κ1) is 22.2. The van der Waals surface area contributed by atoms with Gasteiger partial charge < -0.3 is 10.1 Å². The molecule has 3 rings (SSSR count). The number of rotatable bonds is 6. The lowest BCUT2D eigenvalue weighted by molar-refractivity contribution is -0.118. The summed E-state index contributed by atoms with van der Waals surface area (Å²) in [6.45, 7) is 3.61. The Labute approximate surface area is 190 Å². The Bertz CT molecular complexity index is 1110. The molecule has 0 aromatic heterocycles. The van der Waals surface area contributed by atoms with Gasteiger partial charge in [-0.3, -0.25) is 9.79 Å². The summed E-state index contributed by atoms with van der Waals surface area (Å²) >= 11 is 18.4. The van der Waals surface area contributed by atoms with Gasteiger partial charge >= 0.3 is 0 Å². The van der Waals surface area contributed by atoms with E-state index in [1.165, 1.54) is 0 Å². The predicted molar refractivity (Wildman–Crippen MR) is 125 cm³/mol. The molecule has 0 fully saturated rings. The van der Waals surface area contributed by atoms with E-state index >= 15 is 0 Å². The van der Waals surface area contributed by atoms with Gasteiger partial charge in [-0.1, -0.05) is 46.9 Å². The van der Waals surface area contributed by atoms with Crippen LogP contribution >= 0.6 is 34.8 Å². The average molecular weight is 462 g/mol. The summed E-state index contributed by atoms with van der Waals surface area (Å²) in [5, 5.41) is 4.52. The number of hydrogen-bond acceptors (Lipinski definition) is 3. The Morgan fingerprint density at radius 3 is 2.60 bits per heavy atom. The van der Waals surface area contributed by atoms with E-state index in [1.807, 2.05) is 38.1 Å². The first-order valence-corrected chi connectivity index (χ1v) is 10.2. The van der Waals surface area contributed by atoms with Gasteiger partial charge in [0.2, 0.25) is 0 Å². The van der Waals surface area contributed by atoms with Gasteiger partial charge in [-0.05, 0) is 67.4 Å². The van der Waals surface area contributed by atoms with Crippen molar-refractivity contribution in [3.8, 4) is 5.75 Å². The summed E-state index contributed by atoms with van der Waals surface area (Å²) in [6, 6.07) is 15.9. The molecule has 0 radical (unpaired) electrons. The van der Waals surface area contributed by atoms with Gasteiger partial charge in [-0.15, -0.1) is 0 Å². The van der Waals surface area contributed by atoms with Gasteiger partial charge in [-0.2, -0.15) is 0 Å². The van der Waals surface area contributed by atoms with Gasteiger partial charge in [0, 0.05) is 32.5 Å². The van der Waals surface area contributed by atoms with Crippen molar-refractivity contribution in [2.45, 2.75) is 13.8 Å². The van der Waals surface area contributed by atoms with Crippen LogP contribution in [0.4, 0.5) is 11.4 Å². The van der Waals surface area contributed by atoms with E-state index < -0.39 is 0 Å². The first-order valence-electron chi connectivity index (χ1n) is 9.11. The highest BCUT2D eigenvalue weighted by Gasteiger charge is 2.09. The third kappa shape index (κ3) is 5.76. The summed E-state index contributed by atoms with van der Waals surface area (Å²) in [7, 11) is 0. The zero-order chi connectivity index (χ0) is 21.7. The molecule has 0 spiro atoms. The Hall–Kier alpha value is -2.53. The summed E-state index contributed by atoms with van der Waals surface area (Å²) < 4.78 is 5.70. The molecule has 0 saturated carbocycles. The molecule has 3 aromatic carbocycles. The molecular weight excluding hydrogens is 443 g/mol. The Kier molecular flexibility index (Phi) is 7.38. The van der Waals surface area contributed by atoms with Crippen LogP contribution in [0.15, 0.2) is 59.6 Å². The summed E-state index contributed by atoms with van der Waals surface area (Å²) in [4.78, 5) is 16.8. The van der Waals surface area contributed by atoms with Crippen LogP contribution in [0.3, 0.4) is 0 Å². The van der Waals surface area contributed by atoms with Crippen molar-refractivity contribution in [2.75, 3.05) is 11.9 Å². The fourth-order valence-electron chi connectivity index (χ4n) is 2.64. The first-order chi connectivity index (χ1) is 14.3. The van der Waals surface area contributed by atoms with Crippen molar-refractivity contribution >= 4 is 58.3 Å². The monoisotopic (exact) mass is 460 g/mol. The average Bonchev–Trinajstić information content (AvgIpc) is 2.71. The molecule has 0 unspecified atom stereocenters. The van der Waals surface area contributed by atoms with E-state index in [2.05, 4.69) is 10.3 Å². The molecular formula is C23H19Cl3N2O2. The minimum Gasteiger partial charge on any atom is -0.483 e. The second kappa shape index (κ2) is 9.98. The van der Waals surface area contributed by atoms with E-state index in [0.717, 1.165) is 16.8 Å². The topological polar surface area (TPSA) is 50.7 Å². The Balaban J connectivity index is 1.72. The highest BCUT2D eigenvalue weighted by Crippen LogP contribution is 2.27. The molecule has 30 heavy (non-hydrogen) atoms. The molecule has 0 atom stereocenters. The van der Waals surface area contributed by atoms with Crippen molar-refractivity contribution in [1.82, 2.24) is 0 Å². The number of benzene rings is 3. The maximum absolute atomic E-state index is 12.3. The van der Waals surface area contributed by atoms with E-state index in [4.69, 9.17) is 39.5 Å². The lowest BCUT2D eigenvalue weighted by Gasteiger charge is -2.11. The van der Waals surface area contributed by atoms with E-state index in [1.54, 1.807) is 36.5 Å². The van der Waals surface area contributed by atoms with Crippen molar-refractivity contribution in [2.24, 2.45) is 4.99 Å². The van der Waals surface area contributed by atoms with Crippen LogP contribution in [0, 0.1) is 13.8 Å². The second-order valence-corrected chi connectivity index (χ2v) is 7.88. The van der Waals surface area contributed by atoms with Crippen molar-refractivity contribution in [3.05, 3.63) is 86.4 Å². The summed E-state index contributed by atoms with van der Waals surface area (Å²) in [5.74, 6) is 0.179. The smallest absolute Gasteiger partial charge is 0.262 e. The highest BCUT2D eigenvalue weighted by molar-refractivity contribution is 6.32. The molecule has 0 aliphatic heterocycles. The number of carbonyl (C=O) groups is 1.